The van der Waals surface area contributed by atoms with Crippen molar-refractivity contribution in [2.75, 3.05) is 18.5 Å². The Bertz CT molecular complexity index is 480. The Morgan fingerprint density at radius 1 is 1.56 bits per heavy atom. The molecule has 96 valence electrons. The lowest BCUT2D eigenvalue weighted by atomic mass is 10.2. The second kappa shape index (κ2) is 6.01. The molecule has 0 atom stereocenters. The van der Waals surface area contributed by atoms with Crippen LogP contribution in [0.2, 0.25) is 0 Å². The molecule has 4 nitrogen and oxygen atoms in total. The fraction of sp³-hybridized carbons (Fsp3) is 0.385. The molecule has 0 unspecified atom stereocenters. The third kappa shape index (κ3) is 3.74. The van der Waals surface area contributed by atoms with Crippen molar-refractivity contribution in [2.24, 2.45) is 0 Å². The minimum absolute atomic E-state index is 0.00113. The van der Waals surface area contributed by atoms with Gasteiger partial charge < -0.3 is 10.2 Å². The zero-order valence-electron chi connectivity index (χ0n) is 10.7. The molecule has 0 spiro atoms. The molecule has 1 aromatic carbocycles. The molecule has 0 radical (unpaired) electrons. The van der Waals surface area contributed by atoms with Gasteiger partial charge in [-0.3, -0.25) is 4.79 Å². The molecular weight excluding hydrogens is 233 g/mol. The van der Waals surface area contributed by atoms with E-state index in [1.807, 2.05) is 13.8 Å². The molecule has 0 aliphatic carbocycles. The minimum Gasteiger partial charge on any atom is -0.365 e. The SMILES string of the molecule is CC(C)NC(=O)CN(C)c1ccc(C#N)c(F)c1. The number of hydrogen-bond acceptors (Lipinski definition) is 3. The Hall–Kier alpha value is -2.09. The molecule has 1 rings (SSSR count). The summed E-state index contributed by atoms with van der Waals surface area (Å²) in [6, 6.07) is 6.10. The monoisotopic (exact) mass is 249 g/mol. The molecule has 0 saturated carbocycles. The highest BCUT2D eigenvalue weighted by molar-refractivity contribution is 5.81. The number of carbonyl (C=O) groups is 1. The van der Waals surface area contributed by atoms with Crippen molar-refractivity contribution in [3.05, 3.63) is 29.6 Å². The summed E-state index contributed by atoms with van der Waals surface area (Å²) in [5.41, 5.74) is 0.559. The van der Waals surface area contributed by atoms with Crippen LogP contribution in [0.1, 0.15) is 19.4 Å². The number of halogens is 1. The van der Waals surface area contributed by atoms with Crippen LogP contribution in [0.5, 0.6) is 0 Å². The fourth-order valence-corrected chi connectivity index (χ4v) is 1.51. The highest BCUT2D eigenvalue weighted by Crippen LogP contribution is 2.16. The average Bonchev–Trinajstić information content (AvgIpc) is 2.27. The molecule has 0 bridgehead atoms. The smallest absolute Gasteiger partial charge is 0.239 e. The van der Waals surface area contributed by atoms with E-state index in [0.717, 1.165) is 0 Å². The number of rotatable bonds is 4. The van der Waals surface area contributed by atoms with Gasteiger partial charge in [-0.25, -0.2) is 4.39 Å². The summed E-state index contributed by atoms with van der Waals surface area (Å²) in [5, 5.41) is 11.4. The average molecular weight is 249 g/mol. The van der Waals surface area contributed by atoms with Crippen LogP contribution < -0.4 is 10.2 Å². The van der Waals surface area contributed by atoms with E-state index in [2.05, 4.69) is 5.32 Å². The summed E-state index contributed by atoms with van der Waals surface area (Å²) in [6.07, 6.45) is 0. The van der Waals surface area contributed by atoms with Gasteiger partial charge in [0, 0.05) is 18.8 Å². The second-order valence-electron chi connectivity index (χ2n) is 4.35. The zero-order valence-corrected chi connectivity index (χ0v) is 10.7. The first-order valence-corrected chi connectivity index (χ1v) is 5.64. The molecule has 0 aliphatic rings. The van der Waals surface area contributed by atoms with Crippen LogP contribution in [0.25, 0.3) is 0 Å². The van der Waals surface area contributed by atoms with Crippen LogP contribution in [-0.4, -0.2) is 25.5 Å². The maximum absolute atomic E-state index is 13.4. The van der Waals surface area contributed by atoms with Crippen LogP contribution in [-0.2, 0) is 4.79 Å². The van der Waals surface area contributed by atoms with Crippen molar-refractivity contribution in [1.29, 1.82) is 5.26 Å². The first-order valence-electron chi connectivity index (χ1n) is 5.64. The molecule has 1 amide bonds. The lowest BCUT2D eigenvalue weighted by molar-refractivity contribution is -0.120. The standard InChI is InChI=1S/C13H16FN3O/c1-9(2)16-13(18)8-17(3)11-5-4-10(7-15)12(14)6-11/h4-6,9H,8H2,1-3H3,(H,16,18). The Balaban J connectivity index is 2.73. The van der Waals surface area contributed by atoms with Gasteiger partial charge in [0.1, 0.15) is 11.9 Å². The normalized spacial score (nSPS) is 10.0. The maximum atomic E-state index is 13.4. The van der Waals surface area contributed by atoms with Gasteiger partial charge in [-0.15, -0.1) is 0 Å². The summed E-state index contributed by atoms with van der Waals surface area (Å²) in [5.74, 6) is -0.705. The zero-order chi connectivity index (χ0) is 13.7. The molecule has 5 heteroatoms. The molecule has 0 heterocycles. The van der Waals surface area contributed by atoms with Gasteiger partial charge in [0.05, 0.1) is 12.1 Å². The molecule has 0 aliphatic heterocycles. The number of nitriles is 1. The van der Waals surface area contributed by atoms with Crippen molar-refractivity contribution in [2.45, 2.75) is 19.9 Å². The van der Waals surface area contributed by atoms with Crippen molar-refractivity contribution < 1.29 is 9.18 Å². The van der Waals surface area contributed by atoms with Crippen molar-refractivity contribution in [3.8, 4) is 6.07 Å². The molecule has 0 aromatic heterocycles. The van der Waals surface area contributed by atoms with E-state index in [-0.39, 0.29) is 24.1 Å². The van der Waals surface area contributed by atoms with Gasteiger partial charge in [0.15, 0.2) is 0 Å². The topological polar surface area (TPSA) is 56.1 Å². The van der Waals surface area contributed by atoms with E-state index in [1.54, 1.807) is 24.1 Å². The predicted molar refractivity (Wildman–Crippen MR) is 67.7 cm³/mol. The predicted octanol–water partition coefficient (Wildman–Crippen LogP) is 1.66. The van der Waals surface area contributed by atoms with Crippen molar-refractivity contribution >= 4 is 11.6 Å². The molecule has 1 aromatic rings. The van der Waals surface area contributed by atoms with Crippen LogP contribution in [0.3, 0.4) is 0 Å². The van der Waals surface area contributed by atoms with Crippen molar-refractivity contribution in [3.63, 3.8) is 0 Å². The summed E-state index contributed by atoms with van der Waals surface area (Å²) in [6.45, 7) is 3.89. The summed E-state index contributed by atoms with van der Waals surface area (Å²) >= 11 is 0. The molecule has 0 saturated heterocycles. The van der Waals surface area contributed by atoms with E-state index in [0.29, 0.717) is 5.69 Å². The van der Waals surface area contributed by atoms with E-state index in [1.165, 1.54) is 12.1 Å². The summed E-state index contributed by atoms with van der Waals surface area (Å²) in [7, 11) is 1.70. The van der Waals surface area contributed by atoms with Crippen LogP contribution in [0.15, 0.2) is 18.2 Å². The largest absolute Gasteiger partial charge is 0.365 e. The third-order valence-electron chi connectivity index (χ3n) is 2.34. The van der Waals surface area contributed by atoms with E-state index in [4.69, 9.17) is 5.26 Å². The maximum Gasteiger partial charge on any atom is 0.239 e. The number of anilines is 1. The Morgan fingerprint density at radius 3 is 2.72 bits per heavy atom. The van der Waals surface area contributed by atoms with Gasteiger partial charge in [-0.1, -0.05) is 0 Å². The van der Waals surface area contributed by atoms with Crippen LogP contribution in [0, 0.1) is 17.1 Å². The first-order chi connectivity index (χ1) is 8.43. The first kappa shape index (κ1) is 14.0. The van der Waals surface area contributed by atoms with Gasteiger partial charge in [-0.05, 0) is 32.0 Å². The number of hydrogen-bond donors (Lipinski definition) is 1. The van der Waals surface area contributed by atoms with Crippen LogP contribution in [0.4, 0.5) is 10.1 Å². The quantitative estimate of drug-likeness (QED) is 0.882. The number of benzene rings is 1. The van der Waals surface area contributed by atoms with Gasteiger partial charge >= 0.3 is 0 Å². The Labute approximate surface area is 106 Å². The Kier molecular flexibility index (Phi) is 4.67. The highest BCUT2D eigenvalue weighted by atomic mass is 19.1. The minimum atomic E-state index is -0.578. The number of nitrogens with one attached hydrogen (secondary N) is 1. The third-order valence-corrected chi connectivity index (χ3v) is 2.34. The van der Waals surface area contributed by atoms with E-state index >= 15 is 0 Å². The highest BCUT2D eigenvalue weighted by Gasteiger charge is 2.10. The van der Waals surface area contributed by atoms with Gasteiger partial charge in [-0.2, -0.15) is 5.26 Å². The number of likely N-dealkylation sites (N-methyl/N-ethyl adjacent to an activating group) is 1. The van der Waals surface area contributed by atoms with Crippen LogP contribution >= 0.6 is 0 Å². The van der Waals surface area contributed by atoms with Gasteiger partial charge in [0.25, 0.3) is 0 Å². The molecule has 0 fully saturated rings. The lowest BCUT2D eigenvalue weighted by Gasteiger charge is -2.19. The number of amides is 1. The summed E-state index contributed by atoms with van der Waals surface area (Å²) < 4.78 is 13.4. The lowest BCUT2D eigenvalue weighted by Crippen LogP contribution is -2.38. The molecule has 18 heavy (non-hydrogen) atoms. The Morgan fingerprint density at radius 2 is 2.22 bits per heavy atom. The van der Waals surface area contributed by atoms with E-state index in [9.17, 15) is 9.18 Å². The summed E-state index contributed by atoms with van der Waals surface area (Å²) in [4.78, 5) is 13.2. The fourth-order valence-electron chi connectivity index (χ4n) is 1.51. The van der Waals surface area contributed by atoms with Gasteiger partial charge in [0.2, 0.25) is 5.91 Å². The number of nitrogens with zero attached hydrogens (tertiary/aromatic N) is 2. The van der Waals surface area contributed by atoms with Crippen molar-refractivity contribution in [1.82, 2.24) is 5.32 Å². The molecule has 1 N–H and O–H groups in total. The second-order valence-corrected chi connectivity index (χ2v) is 4.35. The molecular formula is C13H16FN3O. The number of carbonyl (C=O) groups excluding carboxylic acids is 1. The van der Waals surface area contributed by atoms with E-state index < -0.39 is 5.82 Å².